The van der Waals surface area contributed by atoms with Gasteiger partial charge in [0.25, 0.3) is 5.69 Å². The first-order chi connectivity index (χ1) is 11.1. The molecule has 1 fully saturated rings. The Morgan fingerprint density at radius 1 is 1.30 bits per heavy atom. The van der Waals surface area contributed by atoms with Gasteiger partial charge in [0.15, 0.2) is 0 Å². The van der Waals surface area contributed by atoms with Crippen LogP contribution in [0.5, 0.6) is 0 Å². The van der Waals surface area contributed by atoms with Gasteiger partial charge in [0, 0.05) is 43.0 Å². The van der Waals surface area contributed by atoms with Gasteiger partial charge in [-0.15, -0.1) is 0 Å². The van der Waals surface area contributed by atoms with Crippen LogP contribution in [0.25, 0.3) is 11.3 Å². The van der Waals surface area contributed by atoms with Crippen molar-refractivity contribution in [3.05, 3.63) is 57.3 Å². The second kappa shape index (κ2) is 5.42. The van der Waals surface area contributed by atoms with Crippen molar-refractivity contribution in [2.45, 2.75) is 32.9 Å². The largest absolute Gasteiger partial charge is 0.294 e. The first-order valence-electron chi connectivity index (χ1n) is 8.07. The Morgan fingerprint density at radius 3 is 2.87 bits per heavy atom. The Morgan fingerprint density at radius 2 is 2.13 bits per heavy atom. The summed E-state index contributed by atoms with van der Waals surface area (Å²) in [6.45, 7) is 5.18. The van der Waals surface area contributed by atoms with Crippen LogP contribution >= 0.6 is 0 Å². The Hall–Kier alpha value is -2.27. The predicted molar refractivity (Wildman–Crippen MR) is 87.9 cm³/mol. The van der Waals surface area contributed by atoms with Crippen LogP contribution in [-0.4, -0.2) is 21.4 Å². The highest BCUT2D eigenvalue weighted by Crippen LogP contribution is 2.35. The minimum Gasteiger partial charge on any atom is -0.294 e. The summed E-state index contributed by atoms with van der Waals surface area (Å²) in [6, 6.07) is 8.83. The van der Waals surface area contributed by atoms with Crippen molar-refractivity contribution in [2.24, 2.45) is 5.92 Å². The molecule has 2 heterocycles. The molecule has 4 rings (SSSR count). The van der Waals surface area contributed by atoms with Crippen molar-refractivity contribution in [3.8, 4) is 11.3 Å². The minimum atomic E-state index is -0.360. The summed E-state index contributed by atoms with van der Waals surface area (Å²) in [5, 5.41) is 11.0. The average Bonchev–Trinajstić information content (AvgIpc) is 3.24. The number of aromatic nitrogens is 1. The molecular formula is C18H19N3O2. The molecule has 0 spiro atoms. The van der Waals surface area contributed by atoms with Crippen LogP contribution in [0.4, 0.5) is 5.69 Å². The van der Waals surface area contributed by atoms with E-state index in [0.717, 1.165) is 36.0 Å². The first-order valence-corrected chi connectivity index (χ1v) is 8.07. The lowest BCUT2D eigenvalue weighted by molar-refractivity contribution is -0.384. The molecule has 0 saturated heterocycles. The molecule has 118 valence electrons. The van der Waals surface area contributed by atoms with E-state index in [2.05, 4.69) is 11.0 Å². The summed E-state index contributed by atoms with van der Waals surface area (Å²) < 4.78 is 0. The van der Waals surface area contributed by atoms with Crippen molar-refractivity contribution >= 4 is 5.69 Å². The van der Waals surface area contributed by atoms with E-state index >= 15 is 0 Å². The zero-order valence-corrected chi connectivity index (χ0v) is 13.2. The van der Waals surface area contributed by atoms with Gasteiger partial charge in [-0.05, 0) is 42.9 Å². The molecule has 1 aromatic carbocycles. The molecule has 0 N–H and O–H groups in total. The summed E-state index contributed by atoms with van der Waals surface area (Å²) in [6.07, 6.45) is 2.73. The van der Waals surface area contributed by atoms with Crippen molar-refractivity contribution in [1.29, 1.82) is 0 Å². The smallest absolute Gasteiger partial charge is 0.270 e. The molecule has 0 atom stereocenters. The highest BCUT2D eigenvalue weighted by molar-refractivity contribution is 5.64. The number of non-ortho nitro benzene ring substituents is 1. The van der Waals surface area contributed by atoms with Gasteiger partial charge in [-0.1, -0.05) is 12.1 Å². The molecule has 1 saturated carbocycles. The molecule has 1 aromatic heterocycles. The molecule has 1 aliphatic heterocycles. The van der Waals surface area contributed by atoms with Crippen LogP contribution in [0.15, 0.2) is 30.3 Å². The summed E-state index contributed by atoms with van der Waals surface area (Å²) >= 11 is 0. The molecule has 2 aliphatic rings. The summed E-state index contributed by atoms with van der Waals surface area (Å²) in [4.78, 5) is 17.8. The van der Waals surface area contributed by atoms with Crippen LogP contribution < -0.4 is 0 Å². The predicted octanol–water partition coefficient (Wildman–Crippen LogP) is 3.69. The molecule has 5 nitrogen and oxygen atoms in total. The van der Waals surface area contributed by atoms with Crippen LogP contribution in [0.3, 0.4) is 0 Å². The van der Waals surface area contributed by atoms with E-state index in [1.54, 1.807) is 12.1 Å². The van der Waals surface area contributed by atoms with Gasteiger partial charge in [0.05, 0.1) is 10.6 Å². The number of nitro groups is 1. The van der Waals surface area contributed by atoms with Gasteiger partial charge >= 0.3 is 0 Å². The van der Waals surface area contributed by atoms with E-state index in [9.17, 15) is 10.1 Å². The topological polar surface area (TPSA) is 59.3 Å². The summed E-state index contributed by atoms with van der Waals surface area (Å²) in [5.74, 6) is 0.883. The third-order valence-corrected chi connectivity index (χ3v) is 4.77. The molecule has 23 heavy (non-hydrogen) atoms. The molecular weight excluding hydrogens is 290 g/mol. The molecule has 0 radical (unpaired) electrons. The second-order valence-corrected chi connectivity index (χ2v) is 6.65. The Bertz CT molecular complexity index is 784. The fraction of sp³-hybridized carbons (Fsp3) is 0.389. The number of fused-ring (bicyclic) bond motifs is 1. The number of rotatable bonds is 4. The van der Waals surface area contributed by atoms with Gasteiger partial charge in [-0.2, -0.15) is 0 Å². The molecule has 5 heteroatoms. The molecule has 0 unspecified atom stereocenters. The Labute approximate surface area is 135 Å². The monoisotopic (exact) mass is 309 g/mol. The third-order valence-electron chi connectivity index (χ3n) is 4.77. The first kappa shape index (κ1) is 14.3. The zero-order valence-electron chi connectivity index (χ0n) is 13.2. The van der Waals surface area contributed by atoms with Crippen molar-refractivity contribution in [2.75, 3.05) is 6.54 Å². The molecule has 0 bridgehead atoms. The van der Waals surface area contributed by atoms with Gasteiger partial charge in [0.2, 0.25) is 0 Å². The Balaban J connectivity index is 1.65. The third kappa shape index (κ3) is 2.84. The second-order valence-electron chi connectivity index (χ2n) is 6.65. The lowest BCUT2D eigenvalue weighted by atomic mass is 10.0. The number of hydrogen-bond acceptors (Lipinski definition) is 4. The maximum absolute atomic E-state index is 11.0. The number of nitrogens with zero attached hydrogens (tertiary/aromatic N) is 3. The Kier molecular flexibility index (Phi) is 3.38. The van der Waals surface area contributed by atoms with Gasteiger partial charge in [0.1, 0.15) is 0 Å². The van der Waals surface area contributed by atoms with Crippen molar-refractivity contribution in [1.82, 2.24) is 9.88 Å². The van der Waals surface area contributed by atoms with E-state index in [-0.39, 0.29) is 10.6 Å². The maximum atomic E-state index is 11.0. The van der Waals surface area contributed by atoms with E-state index in [0.29, 0.717) is 0 Å². The van der Waals surface area contributed by atoms with Gasteiger partial charge in [-0.3, -0.25) is 20.0 Å². The van der Waals surface area contributed by atoms with Crippen LogP contribution in [-0.2, 0) is 13.1 Å². The number of nitro benzene ring substituents is 1. The minimum absolute atomic E-state index is 0.109. The normalized spacial score (nSPS) is 17.3. The van der Waals surface area contributed by atoms with Gasteiger partial charge < -0.3 is 0 Å². The fourth-order valence-corrected chi connectivity index (χ4v) is 3.36. The van der Waals surface area contributed by atoms with Crippen molar-refractivity contribution in [3.63, 3.8) is 0 Å². The molecule has 0 amide bonds. The summed E-state index contributed by atoms with van der Waals surface area (Å²) in [5.41, 5.74) is 5.45. The maximum Gasteiger partial charge on any atom is 0.270 e. The highest BCUT2D eigenvalue weighted by atomic mass is 16.6. The molecule has 2 aromatic rings. The SMILES string of the molecule is Cc1nc(-c2cccc([N+](=O)[O-])c2)cc2c1CN(CC1CC1)C2. The van der Waals surface area contributed by atoms with E-state index in [1.165, 1.54) is 36.6 Å². The quantitative estimate of drug-likeness (QED) is 0.638. The van der Waals surface area contributed by atoms with Crippen LogP contribution in [0.1, 0.15) is 29.7 Å². The average molecular weight is 309 g/mol. The van der Waals surface area contributed by atoms with E-state index < -0.39 is 0 Å². The fourth-order valence-electron chi connectivity index (χ4n) is 3.36. The van der Waals surface area contributed by atoms with Gasteiger partial charge in [-0.25, -0.2) is 0 Å². The van der Waals surface area contributed by atoms with Crippen LogP contribution in [0, 0.1) is 23.0 Å². The van der Waals surface area contributed by atoms with Crippen LogP contribution in [0.2, 0.25) is 0 Å². The zero-order chi connectivity index (χ0) is 16.0. The standard InChI is InChI=1S/C18H19N3O2/c1-12-17-11-20(9-13-5-6-13)10-15(17)8-18(19-12)14-3-2-4-16(7-14)21(22)23/h2-4,7-8,13H,5-6,9-11H2,1H3. The lowest BCUT2D eigenvalue weighted by Crippen LogP contribution is -2.19. The van der Waals surface area contributed by atoms with E-state index in [4.69, 9.17) is 4.98 Å². The number of hydrogen-bond donors (Lipinski definition) is 0. The lowest BCUT2D eigenvalue weighted by Gasteiger charge is -2.13. The number of aryl methyl sites for hydroxylation is 1. The molecule has 1 aliphatic carbocycles. The van der Waals surface area contributed by atoms with Crippen molar-refractivity contribution < 1.29 is 4.92 Å². The summed E-state index contributed by atoms with van der Waals surface area (Å²) in [7, 11) is 0. The number of benzene rings is 1. The number of pyridine rings is 1. The highest BCUT2D eigenvalue weighted by Gasteiger charge is 2.29. The van der Waals surface area contributed by atoms with E-state index in [1.807, 2.05) is 13.0 Å².